The Morgan fingerprint density at radius 3 is 2.38 bits per heavy atom. The molecular formula is C7H8ClI3O2. The Balaban J connectivity index is 3.65. The number of ether oxygens (including phenoxy) is 1. The number of esters is 1. The summed E-state index contributed by atoms with van der Waals surface area (Å²) in [6, 6.07) is 0. The topological polar surface area (TPSA) is 26.3 Å². The monoisotopic (exact) mass is 540 g/mol. The van der Waals surface area contributed by atoms with Crippen molar-refractivity contribution in [1.29, 1.82) is 0 Å². The number of carbonyl (C=O) groups excluding carboxylic acids is 1. The Bertz CT molecular complexity index is 202. The predicted octanol–water partition coefficient (Wildman–Crippen LogP) is 4.02. The Morgan fingerprint density at radius 2 is 1.92 bits per heavy atom. The highest BCUT2D eigenvalue weighted by Gasteiger charge is 2.04. The maximum Gasteiger partial charge on any atom is 0.306 e. The molecule has 0 fully saturated rings. The van der Waals surface area contributed by atoms with Gasteiger partial charge in [-0.05, 0) is 74.2 Å². The lowest BCUT2D eigenvalue weighted by Crippen LogP contribution is -2.05. The van der Waals surface area contributed by atoms with Gasteiger partial charge in [0.05, 0.1) is 1.59 Å². The van der Waals surface area contributed by atoms with Crippen LogP contribution in [0.15, 0.2) is 5.17 Å². The van der Waals surface area contributed by atoms with Crippen molar-refractivity contribution in [3.63, 3.8) is 0 Å². The van der Waals surface area contributed by atoms with Crippen molar-refractivity contribution >= 4 is 85.3 Å². The van der Waals surface area contributed by atoms with Crippen LogP contribution in [0.25, 0.3) is 0 Å². The van der Waals surface area contributed by atoms with E-state index in [1.165, 1.54) is 0 Å². The van der Waals surface area contributed by atoms with Crippen LogP contribution in [0.1, 0.15) is 12.8 Å². The van der Waals surface area contributed by atoms with Crippen LogP contribution < -0.4 is 0 Å². The van der Waals surface area contributed by atoms with E-state index in [4.69, 9.17) is 16.3 Å². The van der Waals surface area contributed by atoms with Crippen LogP contribution in [0, 0.1) is 0 Å². The van der Waals surface area contributed by atoms with Gasteiger partial charge in [-0.25, -0.2) is 0 Å². The minimum absolute atomic E-state index is 0.177. The summed E-state index contributed by atoms with van der Waals surface area (Å²) in [5.41, 5.74) is 0. The van der Waals surface area contributed by atoms with Crippen LogP contribution in [0.2, 0.25) is 0 Å². The molecule has 0 radical (unpaired) electrons. The molecular weight excluding hydrogens is 532 g/mol. The molecule has 76 valence electrons. The molecule has 0 aliphatic heterocycles. The van der Waals surface area contributed by atoms with Crippen molar-refractivity contribution in [3.05, 3.63) is 5.17 Å². The van der Waals surface area contributed by atoms with Gasteiger partial charge in [0.25, 0.3) is 0 Å². The van der Waals surface area contributed by atoms with Gasteiger partial charge in [0.15, 0.2) is 0 Å². The molecule has 0 aromatic rings. The highest BCUT2D eigenvalue weighted by molar-refractivity contribution is 14.2. The lowest BCUT2D eigenvalue weighted by molar-refractivity contribution is -0.142. The van der Waals surface area contributed by atoms with Gasteiger partial charge in [-0.15, -0.1) is 11.6 Å². The van der Waals surface area contributed by atoms with Gasteiger partial charge in [-0.3, -0.25) is 4.79 Å². The molecule has 0 spiro atoms. The molecule has 2 nitrogen and oxygen atoms in total. The zero-order valence-corrected chi connectivity index (χ0v) is 13.9. The van der Waals surface area contributed by atoms with Crippen molar-refractivity contribution in [2.75, 3.05) is 12.5 Å². The molecule has 0 unspecified atom stereocenters. The van der Waals surface area contributed by atoms with Crippen LogP contribution in [-0.2, 0) is 9.53 Å². The summed E-state index contributed by atoms with van der Waals surface area (Å²) in [6.45, 7) is 0.378. The van der Waals surface area contributed by atoms with Gasteiger partial charge in [-0.1, -0.05) is 0 Å². The minimum atomic E-state index is -0.177. The lowest BCUT2D eigenvalue weighted by Gasteiger charge is -2.03. The molecule has 0 aromatic carbocycles. The highest BCUT2D eigenvalue weighted by Crippen LogP contribution is 2.25. The molecule has 0 atom stereocenters. The van der Waals surface area contributed by atoms with Crippen LogP contribution in [0.5, 0.6) is 0 Å². The summed E-state index contributed by atoms with van der Waals surface area (Å²) in [7, 11) is 0. The van der Waals surface area contributed by atoms with E-state index in [0.717, 1.165) is 5.17 Å². The maximum absolute atomic E-state index is 11.0. The first kappa shape index (κ1) is 14.7. The Morgan fingerprint density at radius 1 is 1.31 bits per heavy atom. The van der Waals surface area contributed by atoms with Crippen molar-refractivity contribution in [1.82, 2.24) is 0 Å². The average molecular weight is 540 g/mol. The third-order valence-corrected chi connectivity index (χ3v) is 5.56. The Labute approximate surface area is 124 Å². The van der Waals surface area contributed by atoms with E-state index < -0.39 is 0 Å². The molecule has 0 aliphatic rings. The van der Waals surface area contributed by atoms with Gasteiger partial charge in [0.2, 0.25) is 0 Å². The fourth-order valence-corrected chi connectivity index (χ4v) is 1.08. The van der Waals surface area contributed by atoms with Crippen molar-refractivity contribution < 1.29 is 9.53 Å². The number of rotatable bonds is 5. The highest BCUT2D eigenvalue weighted by atomic mass is 127. The first-order chi connectivity index (χ1) is 6.07. The summed E-state index contributed by atoms with van der Waals surface area (Å²) in [5, 5.41) is 0. The second-order valence-electron chi connectivity index (χ2n) is 2.12. The first-order valence-corrected chi connectivity index (χ1v) is 7.26. The number of alkyl halides is 1. The van der Waals surface area contributed by atoms with Crippen molar-refractivity contribution in [2.24, 2.45) is 0 Å². The number of carbonyl (C=O) groups is 1. The normalized spacial score (nSPS) is 9.54. The smallest absolute Gasteiger partial charge is 0.306 e. The van der Waals surface area contributed by atoms with Crippen LogP contribution in [-0.4, -0.2) is 18.5 Å². The zero-order valence-electron chi connectivity index (χ0n) is 6.66. The summed E-state index contributed by atoms with van der Waals surface area (Å²) in [4.78, 5) is 11.0. The SMILES string of the molecule is O=C(CCCCl)OCC(I)=C(I)I. The summed E-state index contributed by atoms with van der Waals surface area (Å²) < 4.78 is 7.17. The van der Waals surface area contributed by atoms with E-state index in [0.29, 0.717) is 25.3 Å². The quantitative estimate of drug-likeness (QED) is 0.299. The van der Waals surface area contributed by atoms with Gasteiger partial charge in [0.1, 0.15) is 6.61 Å². The number of halogens is 4. The largest absolute Gasteiger partial charge is 0.460 e. The van der Waals surface area contributed by atoms with Gasteiger partial charge < -0.3 is 4.74 Å². The third kappa shape index (κ3) is 8.67. The molecule has 0 aliphatic carbocycles. The van der Waals surface area contributed by atoms with E-state index in [9.17, 15) is 4.79 Å². The van der Waals surface area contributed by atoms with E-state index in [2.05, 4.69) is 67.8 Å². The van der Waals surface area contributed by atoms with E-state index in [-0.39, 0.29) is 5.97 Å². The molecule has 0 saturated carbocycles. The molecule has 0 aromatic heterocycles. The third-order valence-electron chi connectivity index (χ3n) is 1.08. The van der Waals surface area contributed by atoms with Gasteiger partial charge >= 0.3 is 5.97 Å². The van der Waals surface area contributed by atoms with Crippen molar-refractivity contribution in [2.45, 2.75) is 12.8 Å². The number of hydrogen-bond donors (Lipinski definition) is 0. The maximum atomic E-state index is 11.0. The molecule has 6 heteroatoms. The van der Waals surface area contributed by atoms with Crippen LogP contribution in [0.4, 0.5) is 0 Å². The van der Waals surface area contributed by atoms with Gasteiger partial charge in [-0.2, -0.15) is 0 Å². The summed E-state index contributed by atoms with van der Waals surface area (Å²) in [6.07, 6.45) is 1.09. The fourth-order valence-electron chi connectivity index (χ4n) is 0.482. The second kappa shape index (κ2) is 8.96. The zero-order chi connectivity index (χ0) is 10.3. The molecule has 0 rings (SSSR count). The van der Waals surface area contributed by atoms with Gasteiger partial charge in [0, 0.05) is 15.9 Å². The first-order valence-electron chi connectivity index (χ1n) is 3.49. The fraction of sp³-hybridized carbons (Fsp3) is 0.571. The minimum Gasteiger partial charge on any atom is -0.460 e. The van der Waals surface area contributed by atoms with E-state index in [1.807, 2.05) is 0 Å². The summed E-state index contributed by atoms with van der Waals surface area (Å²) >= 11 is 12.0. The molecule has 0 amide bonds. The predicted molar refractivity (Wildman–Crippen MR) is 80.0 cm³/mol. The average Bonchev–Trinajstić information content (AvgIpc) is 2.10. The Kier molecular flexibility index (Phi) is 10.1. The van der Waals surface area contributed by atoms with Crippen molar-refractivity contribution in [3.8, 4) is 0 Å². The van der Waals surface area contributed by atoms with E-state index >= 15 is 0 Å². The molecule has 13 heavy (non-hydrogen) atoms. The molecule has 0 heterocycles. The standard InChI is InChI=1S/C7H8ClI3O2/c8-3-1-2-6(12)13-4-5(9)7(10)11/h1-4H2. The number of hydrogen-bond acceptors (Lipinski definition) is 2. The molecule has 0 N–H and O–H groups in total. The summed E-state index contributed by atoms with van der Waals surface area (Å²) in [5.74, 6) is 0.329. The van der Waals surface area contributed by atoms with Crippen LogP contribution >= 0.6 is 79.4 Å². The van der Waals surface area contributed by atoms with E-state index in [1.54, 1.807) is 0 Å². The second-order valence-corrected chi connectivity index (χ2v) is 8.02. The molecule has 0 saturated heterocycles. The Hall–Kier alpha value is 1.69. The lowest BCUT2D eigenvalue weighted by atomic mass is 10.3. The van der Waals surface area contributed by atoms with Crippen LogP contribution in [0.3, 0.4) is 0 Å². The molecule has 0 bridgehead atoms.